The summed E-state index contributed by atoms with van der Waals surface area (Å²) >= 11 is 0. The molecule has 4 rings (SSSR count). The van der Waals surface area contributed by atoms with Crippen LogP contribution in [0, 0.1) is 0 Å². The van der Waals surface area contributed by atoms with Gasteiger partial charge in [0, 0.05) is 11.6 Å². The minimum absolute atomic E-state index is 0.0596. The van der Waals surface area contributed by atoms with Crippen molar-refractivity contribution in [1.29, 1.82) is 0 Å². The summed E-state index contributed by atoms with van der Waals surface area (Å²) in [4.78, 5) is 17.0. The molecule has 0 atom stereocenters. The minimum Gasteiger partial charge on any atom is -0.460 e. The highest BCUT2D eigenvalue weighted by molar-refractivity contribution is 6.07. The van der Waals surface area contributed by atoms with Gasteiger partial charge in [0.15, 0.2) is 12.3 Å². The van der Waals surface area contributed by atoms with E-state index in [1.165, 1.54) is 0 Å². The van der Waals surface area contributed by atoms with Crippen molar-refractivity contribution in [2.75, 3.05) is 0 Å². The van der Waals surface area contributed by atoms with Crippen LogP contribution in [0.15, 0.2) is 83.9 Å². The summed E-state index contributed by atoms with van der Waals surface area (Å²) in [5, 5.41) is 2.05. The Morgan fingerprint density at radius 2 is 1.88 bits per heavy atom. The molecule has 0 saturated carbocycles. The van der Waals surface area contributed by atoms with E-state index in [0.717, 1.165) is 22.0 Å². The summed E-state index contributed by atoms with van der Waals surface area (Å²) in [5.41, 5.74) is 1.48. The Kier molecular flexibility index (Phi) is 3.63. The number of furan rings is 1. The van der Waals surface area contributed by atoms with Gasteiger partial charge in [-0.2, -0.15) is 0 Å². The van der Waals surface area contributed by atoms with Gasteiger partial charge < -0.3 is 4.42 Å². The highest BCUT2D eigenvalue weighted by Crippen LogP contribution is 2.19. The van der Waals surface area contributed by atoms with E-state index in [4.69, 9.17) is 4.42 Å². The lowest BCUT2D eigenvalue weighted by atomic mass is 10.0. The van der Waals surface area contributed by atoms with Gasteiger partial charge in [-0.1, -0.05) is 42.5 Å². The molecule has 4 heteroatoms. The van der Waals surface area contributed by atoms with Gasteiger partial charge in [-0.15, -0.1) is 0 Å². The highest BCUT2D eigenvalue weighted by atomic mass is 16.3. The molecular weight excluding hydrogens is 300 g/mol. The number of ketones is 1. The van der Waals surface area contributed by atoms with Gasteiger partial charge in [0.25, 0.3) is 6.33 Å². The third-order valence-corrected chi connectivity index (χ3v) is 3.96. The topological polar surface area (TPSA) is 47.0 Å². The summed E-state index contributed by atoms with van der Waals surface area (Å²) in [5.74, 6) is 0.770. The van der Waals surface area contributed by atoms with Gasteiger partial charge in [-0.05, 0) is 27.9 Å². The molecule has 4 nitrogen and oxygen atoms in total. The SMILES string of the molecule is O=C(C[n+]1ccc(-c2ccco2)nc1)c1cccc2ccccc12. The van der Waals surface area contributed by atoms with E-state index in [1.807, 2.05) is 66.9 Å². The monoisotopic (exact) mass is 315 g/mol. The molecule has 0 spiro atoms. The van der Waals surface area contributed by atoms with Gasteiger partial charge in [0.05, 0.1) is 12.5 Å². The van der Waals surface area contributed by atoms with Crippen LogP contribution in [0.3, 0.4) is 0 Å². The third kappa shape index (κ3) is 2.70. The second-order valence-corrected chi connectivity index (χ2v) is 5.55. The van der Waals surface area contributed by atoms with Gasteiger partial charge in [0.2, 0.25) is 11.5 Å². The molecule has 24 heavy (non-hydrogen) atoms. The zero-order valence-electron chi connectivity index (χ0n) is 12.9. The van der Waals surface area contributed by atoms with E-state index in [2.05, 4.69) is 4.98 Å². The first-order valence-electron chi connectivity index (χ1n) is 7.71. The number of hydrogen-bond acceptors (Lipinski definition) is 3. The van der Waals surface area contributed by atoms with E-state index in [0.29, 0.717) is 5.76 Å². The minimum atomic E-state index is 0.0596. The molecule has 0 fully saturated rings. The fourth-order valence-corrected chi connectivity index (χ4v) is 2.77. The highest BCUT2D eigenvalue weighted by Gasteiger charge is 2.14. The molecule has 0 N–H and O–H groups in total. The van der Waals surface area contributed by atoms with E-state index < -0.39 is 0 Å². The number of benzene rings is 2. The summed E-state index contributed by atoms with van der Waals surface area (Å²) in [7, 11) is 0. The summed E-state index contributed by atoms with van der Waals surface area (Å²) in [6.07, 6.45) is 5.11. The number of aromatic nitrogens is 2. The quantitative estimate of drug-likeness (QED) is 0.426. The third-order valence-electron chi connectivity index (χ3n) is 3.96. The number of carbonyl (C=O) groups excluding carboxylic acids is 1. The van der Waals surface area contributed by atoms with E-state index in [9.17, 15) is 4.79 Å². The van der Waals surface area contributed by atoms with Crippen molar-refractivity contribution >= 4 is 16.6 Å². The molecule has 2 aromatic carbocycles. The molecule has 0 aliphatic rings. The van der Waals surface area contributed by atoms with Crippen molar-refractivity contribution in [2.45, 2.75) is 6.54 Å². The zero-order valence-corrected chi connectivity index (χ0v) is 12.9. The second-order valence-electron chi connectivity index (χ2n) is 5.55. The van der Waals surface area contributed by atoms with Crippen LogP contribution in [0.1, 0.15) is 10.4 Å². The van der Waals surface area contributed by atoms with Crippen LogP contribution < -0.4 is 4.57 Å². The molecule has 0 saturated heterocycles. The first kappa shape index (κ1) is 14.3. The normalized spacial score (nSPS) is 10.8. The Morgan fingerprint density at radius 1 is 1.00 bits per heavy atom. The Bertz CT molecular complexity index is 985. The van der Waals surface area contributed by atoms with Crippen LogP contribution in [0.4, 0.5) is 0 Å². The predicted molar refractivity (Wildman–Crippen MR) is 90.4 cm³/mol. The van der Waals surface area contributed by atoms with E-state index >= 15 is 0 Å². The van der Waals surface area contributed by atoms with Crippen molar-refractivity contribution < 1.29 is 13.8 Å². The number of rotatable bonds is 4. The molecule has 116 valence electrons. The maximum atomic E-state index is 12.7. The van der Waals surface area contributed by atoms with E-state index in [1.54, 1.807) is 17.2 Å². The van der Waals surface area contributed by atoms with Crippen molar-refractivity contribution in [1.82, 2.24) is 4.98 Å². The lowest BCUT2D eigenvalue weighted by Crippen LogP contribution is -2.37. The van der Waals surface area contributed by atoms with Crippen molar-refractivity contribution in [2.24, 2.45) is 0 Å². The molecule has 4 aromatic rings. The number of nitrogens with zero attached hydrogens (tertiary/aromatic N) is 2. The zero-order chi connectivity index (χ0) is 16.4. The molecule has 0 bridgehead atoms. The molecule has 0 unspecified atom stereocenters. The maximum absolute atomic E-state index is 12.7. The fourth-order valence-electron chi connectivity index (χ4n) is 2.77. The average molecular weight is 315 g/mol. The van der Waals surface area contributed by atoms with Gasteiger partial charge in [-0.25, -0.2) is 4.57 Å². The lowest BCUT2D eigenvalue weighted by molar-refractivity contribution is -0.686. The summed E-state index contributed by atoms with van der Waals surface area (Å²) in [6.45, 7) is 0.249. The van der Waals surface area contributed by atoms with Crippen molar-refractivity contribution in [3.05, 3.63) is 85.0 Å². The van der Waals surface area contributed by atoms with Crippen LogP contribution in [0.2, 0.25) is 0 Å². The maximum Gasteiger partial charge on any atom is 0.287 e. The summed E-state index contributed by atoms with van der Waals surface area (Å²) in [6, 6.07) is 19.2. The Morgan fingerprint density at radius 3 is 2.67 bits per heavy atom. The fraction of sp³-hybridized carbons (Fsp3) is 0.0500. The van der Waals surface area contributed by atoms with Gasteiger partial charge in [-0.3, -0.25) is 4.79 Å². The number of carbonyl (C=O) groups is 1. The van der Waals surface area contributed by atoms with Crippen LogP contribution in [0.25, 0.3) is 22.2 Å². The average Bonchev–Trinajstić information content (AvgIpc) is 3.16. The Balaban J connectivity index is 1.59. The van der Waals surface area contributed by atoms with Crippen LogP contribution >= 0.6 is 0 Å². The van der Waals surface area contributed by atoms with Crippen molar-refractivity contribution in [3.63, 3.8) is 0 Å². The Hall–Kier alpha value is -3.27. The van der Waals surface area contributed by atoms with Gasteiger partial charge in [0.1, 0.15) is 0 Å². The molecule has 0 aliphatic heterocycles. The smallest absolute Gasteiger partial charge is 0.287 e. The first-order chi connectivity index (χ1) is 11.8. The molecular formula is C20H15N2O2+. The molecule has 0 radical (unpaired) electrons. The van der Waals surface area contributed by atoms with Gasteiger partial charge >= 0.3 is 0 Å². The number of fused-ring (bicyclic) bond motifs is 1. The van der Waals surface area contributed by atoms with Crippen molar-refractivity contribution in [3.8, 4) is 11.5 Å². The second kappa shape index (κ2) is 6.08. The van der Waals surface area contributed by atoms with Crippen LogP contribution in [-0.2, 0) is 6.54 Å². The molecule has 2 heterocycles. The van der Waals surface area contributed by atoms with Crippen LogP contribution in [0.5, 0.6) is 0 Å². The number of Topliss-reactive ketones (excluding diaryl/α,β-unsaturated/α-hetero) is 1. The standard InChI is InChI=1S/C20H15N2O2/c23-19(17-8-3-6-15-5-1-2-7-16(15)17)13-22-11-10-18(21-14-22)20-9-4-12-24-20/h1-12,14H,13H2/q+1. The number of hydrogen-bond donors (Lipinski definition) is 0. The lowest BCUT2D eigenvalue weighted by Gasteiger charge is -2.05. The first-order valence-corrected chi connectivity index (χ1v) is 7.71. The summed E-state index contributed by atoms with van der Waals surface area (Å²) < 4.78 is 7.09. The molecule has 0 amide bonds. The Labute approximate surface area is 139 Å². The largest absolute Gasteiger partial charge is 0.460 e. The predicted octanol–water partition coefficient (Wildman–Crippen LogP) is 3.67. The van der Waals surface area contributed by atoms with E-state index in [-0.39, 0.29) is 12.3 Å². The molecule has 2 aromatic heterocycles. The van der Waals surface area contributed by atoms with Crippen LogP contribution in [-0.4, -0.2) is 10.8 Å². The molecule has 0 aliphatic carbocycles.